The van der Waals surface area contributed by atoms with Crippen LogP contribution in [0, 0.1) is 0 Å². The number of aliphatic hydroxyl groups excluding tert-OH is 1. The number of piperazine rings is 1. The van der Waals surface area contributed by atoms with Gasteiger partial charge in [0.05, 0.1) is 25.9 Å². The molecule has 63 heavy (non-hydrogen) atoms. The highest BCUT2D eigenvalue weighted by atomic mass is 16.6. The van der Waals surface area contributed by atoms with Crippen molar-refractivity contribution in [1.82, 2.24) is 19.6 Å². The average molecular weight is 895 g/mol. The molecule has 0 aromatic rings. The summed E-state index contributed by atoms with van der Waals surface area (Å²) in [7, 11) is 0. The molecule has 1 aliphatic heterocycles. The zero-order valence-electron chi connectivity index (χ0n) is 42.2. The molecule has 0 aliphatic carbocycles. The number of ether oxygens (including phenoxy) is 3. The maximum atomic E-state index is 13.4. The van der Waals surface area contributed by atoms with Crippen molar-refractivity contribution in [2.75, 3.05) is 85.1 Å². The zero-order chi connectivity index (χ0) is 46.2. The molecule has 1 saturated heterocycles. The summed E-state index contributed by atoms with van der Waals surface area (Å²) >= 11 is 0. The molecule has 1 N–H and O–H groups in total. The zero-order valence-corrected chi connectivity index (χ0v) is 42.2. The minimum absolute atomic E-state index is 0.0104. The molecule has 0 spiro atoms. The number of esters is 3. The van der Waals surface area contributed by atoms with Gasteiger partial charge in [-0.3, -0.25) is 24.2 Å². The van der Waals surface area contributed by atoms with Crippen LogP contribution in [0.15, 0.2) is 0 Å². The Morgan fingerprint density at radius 1 is 0.413 bits per heavy atom. The van der Waals surface area contributed by atoms with Crippen LogP contribution in [0.4, 0.5) is 0 Å². The van der Waals surface area contributed by atoms with Crippen LogP contribution >= 0.6 is 0 Å². The van der Waals surface area contributed by atoms with Crippen LogP contribution in [-0.2, 0) is 28.6 Å². The Bertz CT molecular complexity index is 1030. The quantitative estimate of drug-likeness (QED) is 0.0358. The normalized spacial score (nSPS) is 15.2. The number of hydrogen-bond acceptors (Lipinski definition) is 11. The summed E-state index contributed by atoms with van der Waals surface area (Å²) in [5.41, 5.74) is 0. The predicted molar refractivity (Wildman–Crippen MR) is 261 cm³/mol. The smallest absolute Gasteiger partial charge is 0.307 e. The van der Waals surface area contributed by atoms with Gasteiger partial charge in [0.25, 0.3) is 0 Å². The molecule has 372 valence electrons. The Morgan fingerprint density at radius 3 is 1.03 bits per heavy atom. The second kappa shape index (κ2) is 41.6. The van der Waals surface area contributed by atoms with E-state index in [1.165, 1.54) is 57.8 Å². The van der Waals surface area contributed by atoms with Gasteiger partial charge in [0.15, 0.2) is 0 Å². The van der Waals surface area contributed by atoms with Gasteiger partial charge in [0, 0.05) is 78.5 Å². The first-order valence-electron chi connectivity index (χ1n) is 26.8. The third-order valence-electron chi connectivity index (χ3n) is 12.9. The van der Waals surface area contributed by atoms with Gasteiger partial charge in [-0.2, -0.15) is 0 Å². The monoisotopic (exact) mass is 895 g/mol. The van der Waals surface area contributed by atoms with E-state index < -0.39 is 0 Å². The van der Waals surface area contributed by atoms with Gasteiger partial charge in [-0.1, -0.05) is 138 Å². The van der Waals surface area contributed by atoms with Crippen LogP contribution in [0.3, 0.4) is 0 Å². The second-order valence-corrected chi connectivity index (χ2v) is 18.7. The summed E-state index contributed by atoms with van der Waals surface area (Å²) in [4.78, 5) is 49.7. The molecule has 3 atom stereocenters. The highest BCUT2D eigenvalue weighted by molar-refractivity contribution is 5.70. The molecule has 0 aromatic carbocycles. The van der Waals surface area contributed by atoms with E-state index in [9.17, 15) is 19.5 Å². The van der Waals surface area contributed by atoms with Crippen LogP contribution in [0.1, 0.15) is 215 Å². The molecule has 1 aliphatic rings. The van der Waals surface area contributed by atoms with Crippen LogP contribution in [-0.4, -0.2) is 146 Å². The molecule has 0 aromatic heterocycles. The lowest BCUT2D eigenvalue weighted by atomic mass is 10.0. The molecule has 1 fully saturated rings. The lowest BCUT2D eigenvalue weighted by molar-refractivity contribution is -0.152. The number of carbonyl (C=O) groups is 3. The number of nitrogens with zero attached hydrogens (tertiary/aromatic N) is 4. The fraction of sp³-hybridized carbons (Fsp3) is 0.942. The van der Waals surface area contributed by atoms with Crippen LogP contribution in [0.5, 0.6) is 0 Å². The number of β-amino-alcohol motifs (C(OH)–C–C–N with tert-alkyl or cyclic N) is 1. The maximum absolute atomic E-state index is 13.4. The fourth-order valence-electron chi connectivity index (χ4n) is 8.58. The predicted octanol–water partition coefficient (Wildman–Crippen LogP) is 10.6. The fourth-order valence-corrected chi connectivity index (χ4v) is 8.58. The first-order valence-corrected chi connectivity index (χ1v) is 26.8. The number of unbranched alkanes of at least 4 members (excludes halogenated alkanes) is 12. The topological polar surface area (TPSA) is 112 Å². The molecule has 1 rings (SSSR count). The lowest BCUT2D eigenvalue weighted by Gasteiger charge is -2.36. The van der Waals surface area contributed by atoms with Gasteiger partial charge < -0.3 is 29.1 Å². The van der Waals surface area contributed by atoms with Crippen molar-refractivity contribution >= 4 is 17.9 Å². The third kappa shape index (κ3) is 33.4. The average Bonchev–Trinajstić information content (AvgIpc) is 3.28. The number of aliphatic hydroxyl groups is 1. The van der Waals surface area contributed by atoms with Crippen molar-refractivity contribution in [3.63, 3.8) is 0 Å². The van der Waals surface area contributed by atoms with Crippen LogP contribution in [0.2, 0.25) is 0 Å². The van der Waals surface area contributed by atoms with Crippen LogP contribution in [0.25, 0.3) is 0 Å². The Labute approximate surface area is 388 Å². The van der Waals surface area contributed by atoms with E-state index in [2.05, 4.69) is 61.1 Å². The molecular weight excluding hydrogens is 793 g/mol. The van der Waals surface area contributed by atoms with Gasteiger partial charge >= 0.3 is 17.9 Å². The second-order valence-electron chi connectivity index (χ2n) is 18.7. The van der Waals surface area contributed by atoms with Crippen LogP contribution < -0.4 is 0 Å². The molecule has 0 bridgehead atoms. The van der Waals surface area contributed by atoms with Gasteiger partial charge in [0.2, 0.25) is 0 Å². The summed E-state index contributed by atoms with van der Waals surface area (Å²) in [6.07, 6.45) is 26.8. The number of hydrogen-bond donors (Lipinski definition) is 1. The first kappa shape index (κ1) is 59.2. The van der Waals surface area contributed by atoms with Crippen molar-refractivity contribution in [2.45, 2.75) is 233 Å². The SMILES string of the molecule is CCCCCCC(CCCC)OC(=O)CCN(CCC(=O)OC(CCCC)CCCCCC)CCN(CCC(=O)OC(CCCC)CCCCCC)CCN1CCN(CCO)CC1. The van der Waals surface area contributed by atoms with E-state index in [0.717, 1.165) is 136 Å². The number of carbonyl (C=O) groups excluding carboxylic acids is 3. The van der Waals surface area contributed by atoms with E-state index >= 15 is 0 Å². The number of rotatable bonds is 44. The molecule has 0 radical (unpaired) electrons. The molecular formula is C52H102N4O7. The Hall–Kier alpha value is -1.79. The highest BCUT2D eigenvalue weighted by Crippen LogP contribution is 2.18. The summed E-state index contributed by atoms with van der Waals surface area (Å²) in [5.74, 6) is -0.424. The van der Waals surface area contributed by atoms with Gasteiger partial charge in [0.1, 0.15) is 18.3 Å². The van der Waals surface area contributed by atoms with E-state index in [0.29, 0.717) is 45.7 Å². The molecule has 11 nitrogen and oxygen atoms in total. The minimum Gasteiger partial charge on any atom is -0.462 e. The van der Waals surface area contributed by atoms with Crippen molar-refractivity contribution in [3.05, 3.63) is 0 Å². The highest BCUT2D eigenvalue weighted by Gasteiger charge is 2.22. The lowest BCUT2D eigenvalue weighted by Crippen LogP contribution is -2.49. The molecule has 0 saturated carbocycles. The third-order valence-corrected chi connectivity index (χ3v) is 12.9. The Balaban J connectivity index is 3.12. The molecule has 1 heterocycles. The summed E-state index contributed by atoms with van der Waals surface area (Å²) < 4.78 is 18.4. The van der Waals surface area contributed by atoms with E-state index in [-0.39, 0.29) is 55.7 Å². The Morgan fingerprint density at radius 2 is 0.714 bits per heavy atom. The standard InChI is InChI=1S/C52H102N4O7/c1-7-13-19-22-28-47(25-16-10-4)61-50(58)31-34-53(35-32-51(59)62-48(26-17-11-5)29-23-20-14-8-2)37-38-54(39-40-55-41-43-56(44-42-55)45-46-57)36-33-52(60)63-49(27-18-12-6)30-24-21-15-9-3/h47-49,57H,7-46H2,1-6H3. The van der Waals surface area contributed by atoms with Crippen molar-refractivity contribution in [2.24, 2.45) is 0 Å². The van der Waals surface area contributed by atoms with Gasteiger partial charge in [-0.25, -0.2) is 0 Å². The largest absolute Gasteiger partial charge is 0.462 e. The van der Waals surface area contributed by atoms with E-state index in [1.54, 1.807) is 0 Å². The van der Waals surface area contributed by atoms with Gasteiger partial charge in [-0.05, 0) is 57.8 Å². The summed E-state index contributed by atoms with van der Waals surface area (Å²) in [5, 5.41) is 9.45. The van der Waals surface area contributed by atoms with Gasteiger partial charge in [-0.15, -0.1) is 0 Å². The summed E-state index contributed by atoms with van der Waals surface area (Å²) in [6.45, 7) is 22.6. The summed E-state index contributed by atoms with van der Waals surface area (Å²) in [6, 6.07) is 0. The molecule has 0 amide bonds. The van der Waals surface area contributed by atoms with E-state index in [4.69, 9.17) is 14.2 Å². The van der Waals surface area contributed by atoms with Crippen molar-refractivity contribution in [1.29, 1.82) is 0 Å². The minimum atomic E-state index is -0.154. The molecule has 3 unspecified atom stereocenters. The van der Waals surface area contributed by atoms with Crippen molar-refractivity contribution < 1.29 is 33.7 Å². The first-order chi connectivity index (χ1) is 30.7. The van der Waals surface area contributed by atoms with Crippen molar-refractivity contribution in [3.8, 4) is 0 Å². The Kier molecular flexibility index (Phi) is 39.1. The maximum Gasteiger partial charge on any atom is 0.307 e. The molecule has 11 heteroatoms. The van der Waals surface area contributed by atoms with E-state index in [1.807, 2.05) is 0 Å².